The highest BCUT2D eigenvalue weighted by molar-refractivity contribution is 5.78. The summed E-state index contributed by atoms with van der Waals surface area (Å²) in [7, 11) is 0. The second kappa shape index (κ2) is 3.37. The average molecular weight is 177 g/mol. The van der Waals surface area contributed by atoms with Gasteiger partial charge in [0.05, 0.1) is 0 Å². The molecule has 70 valence electrons. The van der Waals surface area contributed by atoms with E-state index in [9.17, 15) is 13.6 Å². The van der Waals surface area contributed by atoms with Crippen molar-refractivity contribution in [2.75, 3.05) is 6.54 Å². The van der Waals surface area contributed by atoms with Crippen molar-refractivity contribution in [1.29, 1.82) is 0 Å². The predicted molar refractivity (Wildman–Crippen MR) is 41.0 cm³/mol. The van der Waals surface area contributed by atoms with Gasteiger partial charge in [0.25, 0.3) is 0 Å². The Hall–Kier alpha value is -0.670. The number of halogens is 2. The van der Waals surface area contributed by atoms with E-state index in [0.717, 1.165) is 0 Å². The van der Waals surface area contributed by atoms with Crippen molar-refractivity contribution < 1.29 is 13.6 Å². The van der Waals surface area contributed by atoms with Gasteiger partial charge in [-0.05, 0) is 13.3 Å². The second-order valence-electron chi connectivity index (χ2n) is 3.19. The zero-order valence-corrected chi connectivity index (χ0v) is 7.07. The van der Waals surface area contributed by atoms with E-state index in [1.54, 1.807) is 6.92 Å². The molecule has 1 N–H and O–H groups in total. The predicted octanol–water partition coefficient (Wildman–Crippen LogP) is 1.56. The van der Waals surface area contributed by atoms with Crippen LogP contribution in [0.25, 0.3) is 0 Å². The third-order valence-corrected chi connectivity index (χ3v) is 2.13. The number of hydrogen-bond donors (Lipinski definition) is 1. The largest absolute Gasteiger partial charge is 0.356 e. The number of rotatable bonds is 2. The van der Waals surface area contributed by atoms with Crippen LogP contribution in [0, 0.1) is 5.92 Å². The van der Waals surface area contributed by atoms with Crippen molar-refractivity contribution >= 4 is 5.91 Å². The fraction of sp³-hybridized carbons (Fsp3) is 0.875. The lowest BCUT2D eigenvalue weighted by molar-refractivity contribution is -0.125. The van der Waals surface area contributed by atoms with Gasteiger partial charge in [0, 0.05) is 25.3 Å². The third kappa shape index (κ3) is 2.16. The minimum absolute atomic E-state index is 0.144. The molecule has 0 aromatic rings. The van der Waals surface area contributed by atoms with Crippen LogP contribution < -0.4 is 5.32 Å². The highest BCUT2D eigenvalue weighted by Crippen LogP contribution is 2.38. The first-order valence-electron chi connectivity index (χ1n) is 4.21. The van der Waals surface area contributed by atoms with E-state index in [4.69, 9.17) is 0 Å². The van der Waals surface area contributed by atoms with Gasteiger partial charge in [-0.1, -0.05) is 0 Å². The van der Waals surface area contributed by atoms with Gasteiger partial charge in [-0.15, -0.1) is 0 Å². The third-order valence-electron chi connectivity index (χ3n) is 2.13. The van der Waals surface area contributed by atoms with Gasteiger partial charge in [0.2, 0.25) is 11.8 Å². The minimum Gasteiger partial charge on any atom is -0.356 e. The molecule has 0 aliphatic heterocycles. The number of amides is 1. The number of nitrogens with one attached hydrogen (secondary N) is 1. The van der Waals surface area contributed by atoms with Gasteiger partial charge in [0.1, 0.15) is 0 Å². The maximum absolute atomic E-state index is 12.6. The van der Waals surface area contributed by atoms with E-state index in [1.807, 2.05) is 0 Å². The standard InChI is InChI=1S/C8H13F2NO/c1-2-11-7(12)6-3-4-8(9,10)5-6/h6H,2-5H2,1H3,(H,11,12). The lowest BCUT2D eigenvalue weighted by atomic mass is 10.1. The Morgan fingerprint density at radius 2 is 2.33 bits per heavy atom. The van der Waals surface area contributed by atoms with Crippen LogP contribution >= 0.6 is 0 Å². The van der Waals surface area contributed by atoms with E-state index in [2.05, 4.69) is 5.32 Å². The van der Waals surface area contributed by atoms with Crippen LogP contribution in [0.5, 0.6) is 0 Å². The molecule has 0 aromatic carbocycles. The van der Waals surface area contributed by atoms with E-state index in [0.29, 0.717) is 13.0 Å². The zero-order chi connectivity index (χ0) is 9.19. The molecular formula is C8H13F2NO. The molecule has 0 bridgehead atoms. The van der Waals surface area contributed by atoms with Gasteiger partial charge in [0.15, 0.2) is 0 Å². The SMILES string of the molecule is CCNC(=O)C1CCC(F)(F)C1. The molecule has 1 aliphatic rings. The van der Waals surface area contributed by atoms with Gasteiger partial charge >= 0.3 is 0 Å². The molecule has 4 heteroatoms. The fourth-order valence-electron chi connectivity index (χ4n) is 1.49. The first kappa shape index (κ1) is 9.42. The van der Waals surface area contributed by atoms with E-state index in [-0.39, 0.29) is 18.7 Å². The van der Waals surface area contributed by atoms with Crippen LogP contribution in [0.3, 0.4) is 0 Å². The molecule has 1 aliphatic carbocycles. The molecule has 0 spiro atoms. The van der Waals surface area contributed by atoms with Crippen molar-refractivity contribution in [3.8, 4) is 0 Å². The molecule has 1 rings (SSSR count). The number of carbonyl (C=O) groups is 1. The van der Waals surface area contributed by atoms with Crippen LogP contribution in [-0.4, -0.2) is 18.4 Å². The molecule has 2 nitrogen and oxygen atoms in total. The number of carbonyl (C=O) groups excluding carboxylic acids is 1. The van der Waals surface area contributed by atoms with Crippen molar-refractivity contribution in [3.63, 3.8) is 0 Å². The molecule has 0 saturated heterocycles. The monoisotopic (exact) mass is 177 g/mol. The fourth-order valence-corrected chi connectivity index (χ4v) is 1.49. The zero-order valence-electron chi connectivity index (χ0n) is 7.07. The van der Waals surface area contributed by atoms with Gasteiger partial charge in [-0.25, -0.2) is 8.78 Å². The minimum atomic E-state index is -2.62. The van der Waals surface area contributed by atoms with Crippen LogP contribution in [0.15, 0.2) is 0 Å². The van der Waals surface area contributed by atoms with Crippen molar-refractivity contribution in [2.24, 2.45) is 5.92 Å². The molecule has 1 saturated carbocycles. The maximum Gasteiger partial charge on any atom is 0.248 e. The smallest absolute Gasteiger partial charge is 0.248 e. The molecular weight excluding hydrogens is 164 g/mol. The molecule has 1 fully saturated rings. The van der Waals surface area contributed by atoms with E-state index >= 15 is 0 Å². The van der Waals surface area contributed by atoms with E-state index in [1.165, 1.54) is 0 Å². The van der Waals surface area contributed by atoms with Gasteiger partial charge in [-0.3, -0.25) is 4.79 Å². The topological polar surface area (TPSA) is 29.1 Å². The average Bonchev–Trinajstić information content (AvgIpc) is 2.31. The Morgan fingerprint density at radius 1 is 1.67 bits per heavy atom. The van der Waals surface area contributed by atoms with Crippen molar-refractivity contribution in [2.45, 2.75) is 32.1 Å². The summed E-state index contributed by atoms with van der Waals surface area (Å²) < 4.78 is 25.2. The first-order chi connectivity index (χ1) is 5.55. The maximum atomic E-state index is 12.6. The van der Waals surface area contributed by atoms with Gasteiger partial charge < -0.3 is 5.32 Å². The molecule has 0 aromatic heterocycles. The summed E-state index contributed by atoms with van der Waals surface area (Å²) >= 11 is 0. The summed E-state index contributed by atoms with van der Waals surface area (Å²) in [5.74, 6) is -3.31. The second-order valence-corrected chi connectivity index (χ2v) is 3.19. The molecule has 1 amide bonds. The molecule has 12 heavy (non-hydrogen) atoms. The van der Waals surface area contributed by atoms with Gasteiger partial charge in [-0.2, -0.15) is 0 Å². The number of hydrogen-bond acceptors (Lipinski definition) is 1. The Bertz CT molecular complexity index is 182. The van der Waals surface area contributed by atoms with Crippen LogP contribution in [0.4, 0.5) is 8.78 Å². The normalized spacial score (nSPS) is 27.1. The Balaban J connectivity index is 2.41. The highest BCUT2D eigenvalue weighted by Gasteiger charge is 2.42. The summed E-state index contributed by atoms with van der Waals surface area (Å²) in [5.41, 5.74) is 0. The summed E-state index contributed by atoms with van der Waals surface area (Å²) in [6, 6.07) is 0. The highest BCUT2D eigenvalue weighted by atomic mass is 19.3. The summed E-state index contributed by atoms with van der Waals surface area (Å²) in [5, 5.41) is 2.55. The quantitative estimate of drug-likeness (QED) is 0.681. The Morgan fingerprint density at radius 3 is 2.75 bits per heavy atom. The lowest BCUT2D eigenvalue weighted by Crippen LogP contribution is -2.29. The summed E-state index contributed by atoms with van der Waals surface area (Å²) in [6.07, 6.45) is -0.105. The van der Waals surface area contributed by atoms with Crippen LogP contribution in [0.1, 0.15) is 26.2 Å². The Kier molecular flexibility index (Phi) is 2.65. The first-order valence-corrected chi connectivity index (χ1v) is 4.21. The Labute approximate surface area is 70.3 Å². The number of alkyl halides is 2. The molecule has 0 heterocycles. The van der Waals surface area contributed by atoms with Crippen molar-refractivity contribution in [3.05, 3.63) is 0 Å². The van der Waals surface area contributed by atoms with Crippen LogP contribution in [-0.2, 0) is 4.79 Å². The summed E-state index contributed by atoms with van der Waals surface area (Å²) in [4.78, 5) is 11.1. The van der Waals surface area contributed by atoms with Crippen LogP contribution in [0.2, 0.25) is 0 Å². The molecule has 1 atom stereocenters. The van der Waals surface area contributed by atoms with Crippen molar-refractivity contribution in [1.82, 2.24) is 5.32 Å². The molecule has 0 radical (unpaired) electrons. The molecule has 1 unspecified atom stereocenters. The summed E-state index contributed by atoms with van der Waals surface area (Å²) in [6.45, 7) is 2.30. The lowest BCUT2D eigenvalue weighted by Gasteiger charge is -2.09. The van der Waals surface area contributed by atoms with E-state index < -0.39 is 11.8 Å².